The summed E-state index contributed by atoms with van der Waals surface area (Å²) < 4.78 is 0. The SMILES string of the molecule is O=C(CCN1C(=O)NC2(CCCCC2)C1=O)NCc1csc(-c2ccccc2)n1. The second kappa shape index (κ2) is 8.32. The van der Waals surface area contributed by atoms with Gasteiger partial charge in [0, 0.05) is 23.9 Å². The van der Waals surface area contributed by atoms with Crippen molar-refractivity contribution in [2.75, 3.05) is 6.54 Å². The minimum absolute atomic E-state index is 0.0882. The first-order valence-corrected chi connectivity index (χ1v) is 10.9. The van der Waals surface area contributed by atoms with Crippen LogP contribution in [0.25, 0.3) is 10.6 Å². The fourth-order valence-corrected chi connectivity index (χ4v) is 4.79. The molecule has 4 rings (SSSR count). The number of carbonyl (C=O) groups excluding carboxylic acids is 3. The summed E-state index contributed by atoms with van der Waals surface area (Å²) in [5.74, 6) is -0.383. The van der Waals surface area contributed by atoms with Gasteiger partial charge in [-0.1, -0.05) is 49.6 Å². The molecule has 4 amide bonds. The molecular weight excluding hydrogens is 388 g/mol. The molecule has 1 aliphatic heterocycles. The second-order valence-corrected chi connectivity index (χ2v) is 8.42. The third-order valence-electron chi connectivity index (χ3n) is 5.55. The Balaban J connectivity index is 1.27. The van der Waals surface area contributed by atoms with Crippen molar-refractivity contribution >= 4 is 29.2 Å². The number of thiazole rings is 1. The molecular formula is C21H24N4O3S. The van der Waals surface area contributed by atoms with E-state index in [0.717, 1.165) is 35.5 Å². The maximum atomic E-state index is 12.7. The summed E-state index contributed by atoms with van der Waals surface area (Å²) in [4.78, 5) is 42.9. The number of hydrogen-bond donors (Lipinski definition) is 2. The van der Waals surface area contributed by atoms with E-state index >= 15 is 0 Å². The molecule has 2 heterocycles. The van der Waals surface area contributed by atoms with Gasteiger partial charge < -0.3 is 10.6 Å². The van der Waals surface area contributed by atoms with E-state index in [2.05, 4.69) is 15.6 Å². The van der Waals surface area contributed by atoms with Crippen LogP contribution in [0, 0.1) is 0 Å². The fraction of sp³-hybridized carbons (Fsp3) is 0.429. The summed E-state index contributed by atoms with van der Waals surface area (Å²) in [5.41, 5.74) is 1.10. The molecule has 1 saturated heterocycles. The first kappa shape index (κ1) is 19.6. The van der Waals surface area contributed by atoms with Gasteiger partial charge in [-0.05, 0) is 12.8 Å². The van der Waals surface area contributed by atoms with E-state index in [9.17, 15) is 14.4 Å². The molecule has 0 unspecified atom stereocenters. The van der Waals surface area contributed by atoms with Crippen molar-refractivity contribution in [3.8, 4) is 10.6 Å². The van der Waals surface area contributed by atoms with Gasteiger partial charge in [0.05, 0.1) is 12.2 Å². The van der Waals surface area contributed by atoms with E-state index in [-0.39, 0.29) is 30.8 Å². The minimum Gasteiger partial charge on any atom is -0.350 e. The molecule has 29 heavy (non-hydrogen) atoms. The van der Waals surface area contributed by atoms with Gasteiger partial charge in [0.2, 0.25) is 5.91 Å². The first-order chi connectivity index (χ1) is 14.1. The molecule has 0 bridgehead atoms. The number of nitrogens with one attached hydrogen (secondary N) is 2. The number of benzene rings is 1. The minimum atomic E-state index is -0.736. The number of urea groups is 1. The number of carbonyl (C=O) groups is 3. The lowest BCUT2D eigenvalue weighted by Gasteiger charge is -2.30. The quantitative estimate of drug-likeness (QED) is 0.714. The van der Waals surface area contributed by atoms with Gasteiger partial charge >= 0.3 is 6.03 Å². The zero-order valence-corrected chi connectivity index (χ0v) is 17.0. The van der Waals surface area contributed by atoms with Crippen molar-refractivity contribution < 1.29 is 14.4 Å². The van der Waals surface area contributed by atoms with Gasteiger partial charge in [-0.15, -0.1) is 11.3 Å². The van der Waals surface area contributed by atoms with E-state index in [1.807, 2.05) is 35.7 Å². The average molecular weight is 413 g/mol. The molecule has 7 nitrogen and oxygen atoms in total. The van der Waals surface area contributed by atoms with Crippen molar-refractivity contribution in [1.29, 1.82) is 0 Å². The smallest absolute Gasteiger partial charge is 0.325 e. The number of rotatable bonds is 6. The van der Waals surface area contributed by atoms with Crippen LogP contribution >= 0.6 is 11.3 Å². The average Bonchev–Trinajstić information content (AvgIpc) is 3.30. The molecule has 2 aromatic rings. The Morgan fingerprint density at radius 3 is 2.69 bits per heavy atom. The standard InChI is InChI=1S/C21H24N4O3S/c26-17(22-13-16-14-29-18(23-16)15-7-3-1-4-8-15)9-12-25-19(27)21(24-20(25)28)10-5-2-6-11-21/h1,3-4,7-8,14H,2,5-6,9-13H2,(H,22,26)(H,24,28). The predicted octanol–water partition coefficient (Wildman–Crippen LogP) is 3.07. The summed E-state index contributed by atoms with van der Waals surface area (Å²) >= 11 is 1.53. The van der Waals surface area contributed by atoms with Crippen LogP contribution in [0.15, 0.2) is 35.7 Å². The van der Waals surface area contributed by atoms with Crippen molar-refractivity contribution in [1.82, 2.24) is 20.5 Å². The third kappa shape index (κ3) is 4.17. The molecule has 2 fully saturated rings. The van der Waals surface area contributed by atoms with E-state index in [1.165, 1.54) is 16.2 Å². The van der Waals surface area contributed by atoms with Crippen LogP contribution < -0.4 is 10.6 Å². The van der Waals surface area contributed by atoms with Crippen molar-refractivity contribution in [3.05, 3.63) is 41.4 Å². The summed E-state index contributed by atoms with van der Waals surface area (Å²) in [7, 11) is 0. The molecule has 0 radical (unpaired) electrons. The van der Waals surface area contributed by atoms with E-state index in [0.29, 0.717) is 19.4 Å². The van der Waals surface area contributed by atoms with Crippen molar-refractivity contribution in [2.45, 2.75) is 50.6 Å². The molecule has 1 aromatic carbocycles. The number of aromatic nitrogens is 1. The first-order valence-electron chi connectivity index (χ1n) is 9.98. The fourth-order valence-electron chi connectivity index (χ4n) is 3.97. The number of imide groups is 1. The zero-order valence-electron chi connectivity index (χ0n) is 16.1. The van der Waals surface area contributed by atoms with Gasteiger partial charge in [-0.3, -0.25) is 14.5 Å². The van der Waals surface area contributed by atoms with Crippen LogP contribution in [0.1, 0.15) is 44.2 Å². The number of nitrogens with zero attached hydrogens (tertiary/aromatic N) is 2. The predicted molar refractivity (Wildman–Crippen MR) is 110 cm³/mol. The van der Waals surface area contributed by atoms with Crippen LogP contribution in [0.2, 0.25) is 0 Å². The molecule has 0 atom stereocenters. The number of hydrogen-bond acceptors (Lipinski definition) is 5. The van der Waals surface area contributed by atoms with E-state index < -0.39 is 5.54 Å². The van der Waals surface area contributed by atoms with Gasteiger partial charge in [-0.25, -0.2) is 9.78 Å². The Labute approximate surface area is 173 Å². The molecule has 1 aromatic heterocycles. The lowest BCUT2D eigenvalue weighted by Crippen LogP contribution is -2.48. The normalized spacial score (nSPS) is 18.1. The van der Waals surface area contributed by atoms with Crippen LogP contribution in [-0.2, 0) is 16.1 Å². The Hall–Kier alpha value is -2.74. The maximum absolute atomic E-state index is 12.7. The van der Waals surface area contributed by atoms with Crippen LogP contribution in [0.4, 0.5) is 4.79 Å². The van der Waals surface area contributed by atoms with Gasteiger partial charge in [0.25, 0.3) is 5.91 Å². The molecule has 1 spiro atoms. The second-order valence-electron chi connectivity index (χ2n) is 7.57. The highest BCUT2D eigenvalue weighted by atomic mass is 32.1. The zero-order chi connectivity index (χ0) is 20.3. The van der Waals surface area contributed by atoms with Gasteiger partial charge in [-0.2, -0.15) is 0 Å². The molecule has 2 aliphatic rings. The lowest BCUT2D eigenvalue weighted by atomic mass is 9.82. The van der Waals surface area contributed by atoms with Gasteiger partial charge in [0.1, 0.15) is 10.5 Å². The lowest BCUT2D eigenvalue weighted by molar-refractivity contribution is -0.132. The monoisotopic (exact) mass is 412 g/mol. The highest BCUT2D eigenvalue weighted by Crippen LogP contribution is 2.33. The Kier molecular flexibility index (Phi) is 5.62. The Bertz CT molecular complexity index is 906. The number of amides is 4. The Morgan fingerprint density at radius 2 is 1.93 bits per heavy atom. The van der Waals surface area contributed by atoms with Crippen LogP contribution in [0.5, 0.6) is 0 Å². The van der Waals surface area contributed by atoms with Crippen molar-refractivity contribution in [3.63, 3.8) is 0 Å². The third-order valence-corrected chi connectivity index (χ3v) is 6.49. The summed E-state index contributed by atoms with van der Waals surface area (Å²) in [5, 5.41) is 8.52. The van der Waals surface area contributed by atoms with Crippen molar-refractivity contribution in [2.24, 2.45) is 0 Å². The van der Waals surface area contributed by atoms with Crippen LogP contribution in [-0.4, -0.2) is 39.8 Å². The summed E-state index contributed by atoms with van der Waals surface area (Å²) in [6.45, 7) is 0.427. The highest BCUT2D eigenvalue weighted by Gasteiger charge is 2.50. The molecule has 1 saturated carbocycles. The topological polar surface area (TPSA) is 91.4 Å². The van der Waals surface area contributed by atoms with Crippen LogP contribution in [0.3, 0.4) is 0 Å². The molecule has 152 valence electrons. The highest BCUT2D eigenvalue weighted by molar-refractivity contribution is 7.13. The Morgan fingerprint density at radius 1 is 1.17 bits per heavy atom. The van der Waals surface area contributed by atoms with Gasteiger partial charge in [0.15, 0.2) is 0 Å². The maximum Gasteiger partial charge on any atom is 0.325 e. The van der Waals surface area contributed by atoms with E-state index in [1.54, 1.807) is 0 Å². The van der Waals surface area contributed by atoms with E-state index in [4.69, 9.17) is 0 Å². The molecule has 2 N–H and O–H groups in total. The summed E-state index contributed by atoms with van der Waals surface area (Å²) in [6.07, 6.45) is 4.44. The molecule has 1 aliphatic carbocycles. The largest absolute Gasteiger partial charge is 0.350 e. The molecule has 8 heteroatoms. The summed E-state index contributed by atoms with van der Waals surface area (Å²) in [6, 6.07) is 9.50.